The van der Waals surface area contributed by atoms with E-state index in [4.69, 9.17) is 0 Å². The first-order valence-corrected chi connectivity index (χ1v) is 7.45. The third kappa shape index (κ3) is 3.09. The Hall–Kier alpha value is -0.930. The minimum Gasteiger partial charge on any atom is -0.293 e. The Bertz CT molecular complexity index is 511. The van der Waals surface area contributed by atoms with Crippen LogP contribution in [0.2, 0.25) is 0 Å². The van der Waals surface area contributed by atoms with Crippen LogP contribution in [0, 0.1) is 0 Å². The Morgan fingerprint density at radius 3 is 1.89 bits per heavy atom. The third-order valence-electron chi connectivity index (χ3n) is 2.68. The highest BCUT2D eigenvalue weighted by molar-refractivity contribution is 9.12. The zero-order valence-electron chi connectivity index (χ0n) is 9.59. The van der Waals surface area contributed by atoms with Gasteiger partial charge in [-0.1, -0.05) is 92.5 Å². The van der Waals surface area contributed by atoms with Crippen molar-refractivity contribution < 1.29 is 4.79 Å². The number of hydrogen-bond donors (Lipinski definition) is 0. The summed E-state index contributed by atoms with van der Waals surface area (Å²) in [6, 6.07) is 19.2. The zero-order chi connectivity index (χ0) is 13.0. The number of hydrogen-bond acceptors (Lipinski definition) is 1. The summed E-state index contributed by atoms with van der Waals surface area (Å²) >= 11 is 7.07. The SMILES string of the molecule is O=C(c1ccccc1)[C@H](Br)[C@H](Br)c1ccccc1. The number of carbonyl (C=O) groups is 1. The molecule has 0 spiro atoms. The molecule has 0 unspecified atom stereocenters. The molecule has 0 bridgehead atoms. The van der Waals surface area contributed by atoms with E-state index >= 15 is 0 Å². The van der Waals surface area contributed by atoms with Crippen LogP contribution in [0.25, 0.3) is 0 Å². The zero-order valence-corrected chi connectivity index (χ0v) is 12.8. The maximum absolute atomic E-state index is 12.3. The van der Waals surface area contributed by atoms with Gasteiger partial charge in [0.1, 0.15) is 0 Å². The van der Waals surface area contributed by atoms with Crippen molar-refractivity contribution in [3.8, 4) is 0 Å². The minimum absolute atomic E-state index is 0.0357. The van der Waals surface area contributed by atoms with Crippen molar-refractivity contribution >= 4 is 37.6 Å². The van der Waals surface area contributed by atoms with Crippen LogP contribution < -0.4 is 0 Å². The lowest BCUT2D eigenvalue weighted by molar-refractivity contribution is 0.0991. The van der Waals surface area contributed by atoms with E-state index in [2.05, 4.69) is 31.9 Å². The molecule has 2 aromatic rings. The van der Waals surface area contributed by atoms with Gasteiger partial charge in [-0.05, 0) is 5.56 Å². The first kappa shape index (κ1) is 13.5. The third-order valence-corrected chi connectivity index (χ3v) is 5.39. The molecule has 0 radical (unpaired) electrons. The van der Waals surface area contributed by atoms with Gasteiger partial charge >= 0.3 is 0 Å². The van der Waals surface area contributed by atoms with Gasteiger partial charge in [-0.15, -0.1) is 0 Å². The van der Waals surface area contributed by atoms with E-state index in [0.717, 1.165) is 11.1 Å². The van der Waals surface area contributed by atoms with E-state index in [1.165, 1.54) is 0 Å². The Morgan fingerprint density at radius 2 is 1.33 bits per heavy atom. The maximum Gasteiger partial charge on any atom is 0.177 e. The summed E-state index contributed by atoms with van der Waals surface area (Å²) in [6.07, 6.45) is 0. The highest BCUT2D eigenvalue weighted by atomic mass is 79.9. The average Bonchev–Trinajstić information content (AvgIpc) is 2.47. The Kier molecular flexibility index (Phi) is 4.72. The molecular weight excluding hydrogens is 356 g/mol. The highest BCUT2D eigenvalue weighted by Gasteiger charge is 2.25. The van der Waals surface area contributed by atoms with E-state index in [1.54, 1.807) is 0 Å². The van der Waals surface area contributed by atoms with Crippen LogP contribution in [0.4, 0.5) is 0 Å². The number of carbonyl (C=O) groups excluding carboxylic acids is 1. The van der Waals surface area contributed by atoms with Gasteiger partial charge in [0.2, 0.25) is 0 Å². The standard InChI is InChI=1S/C15H12Br2O/c16-13(11-7-3-1-4-8-11)14(17)15(18)12-9-5-2-6-10-12/h1-10,13-14H/t13-,14-/m1/s1. The van der Waals surface area contributed by atoms with Gasteiger partial charge in [-0.2, -0.15) is 0 Å². The number of ketones is 1. The van der Waals surface area contributed by atoms with Crippen molar-refractivity contribution in [1.29, 1.82) is 0 Å². The fourth-order valence-corrected chi connectivity index (χ4v) is 2.82. The molecule has 92 valence electrons. The van der Waals surface area contributed by atoms with Gasteiger partial charge in [0.05, 0.1) is 9.65 Å². The van der Waals surface area contributed by atoms with Crippen molar-refractivity contribution in [3.63, 3.8) is 0 Å². The second kappa shape index (κ2) is 6.30. The van der Waals surface area contributed by atoms with Crippen LogP contribution in [0.15, 0.2) is 60.7 Å². The summed E-state index contributed by atoms with van der Waals surface area (Å²) in [4.78, 5) is 12.0. The molecule has 0 saturated heterocycles. The summed E-state index contributed by atoms with van der Waals surface area (Å²) in [6.45, 7) is 0. The predicted octanol–water partition coefficient (Wildman–Crippen LogP) is 4.77. The van der Waals surface area contributed by atoms with E-state index in [9.17, 15) is 4.79 Å². The van der Waals surface area contributed by atoms with Gasteiger partial charge in [0, 0.05) is 5.56 Å². The first-order valence-electron chi connectivity index (χ1n) is 5.62. The average molecular weight is 368 g/mol. The van der Waals surface area contributed by atoms with Gasteiger partial charge < -0.3 is 0 Å². The smallest absolute Gasteiger partial charge is 0.177 e. The van der Waals surface area contributed by atoms with Gasteiger partial charge in [-0.25, -0.2) is 0 Å². The summed E-state index contributed by atoms with van der Waals surface area (Å²) < 4.78 is 0. The molecule has 0 amide bonds. The van der Waals surface area contributed by atoms with Crippen LogP contribution in [0.1, 0.15) is 20.7 Å². The van der Waals surface area contributed by atoms with Gasteiger partial charge in [0.25, 0.3) is 0 Å². The molecule has 1 nitrogen and oxygen atoms in total. The summed E-state index contributed by atoms with van der Waals surface area (Å²) in [7, 11) is 0. The first-order chi connectivity index (χ1) is 8.70. The fraction of sp³-hybridized carbons (Fsp3) is 0.133. The molecule has 2 atom stereocenters. The largest absolute Gasteiger partial charge is 0.293 e. The van der Waals surface area contributed by atoms with Crippen molar-refractivity contribution in [3.05, 3.63) is 71.8 Å². The van der Waals surface area contributed by atoms with Crippen LogP contribution in [0.5, 0.6) is 0 Å². The van der Waals surface area contributed by atoms with Crippen molar-refractivity contribution in [2.45, 2.75) is 9.65 Å². The molecule has 2 rings (SSSR count). The lowest BCUT2D eigenvalue weighted by Gasteiger charge is -2.16. The molecule has 0 N–H and O–H groups in total. The minimum atomic E-state index is -0.276. The Morgan fingerprint density at radius 1 is 0.833 bits per heavy atom. The predicted molar refractivity (Wildman–Crippen MR) is 81.6 cm³/mol. The molecule has 0 fully saturated rings. The van der Waals surface area contributed by atoms with E-state index in [-0.39, 0.29) is 15.4 Å². The number of alkyl halides is 2. The van der Waals surface area contributed by atoms with E-state index in [0.29, 0.717) is 0 Å². The summed E-state index contributed by atoms with van der Waals surface area (Å²) in [5.41, 5.74) is 1.81. The monoisotopic (exact) mass is 366 g/mol. The molecule has 0 aliphatic heterocycles. The molecule has 0 aliphatic carbocycles. The maximum atomic E-state index is 12.3. The van der Waals surface area contributed by atoms with Crippen LogP contribution in [-0.2, 0) is 0 Å². The van der Waals surface area contributed by atoms with Crippen molar-refractivity contribution in [2.24, 2.45) is 0 Å². The van der Waals surface area contributed by atoms with E-state index < -0.39 is 0 Å². The van der Waals surface area contributed by atoms with Gasteiger partial charge in [-0.3, -0.25) is 4.79 Å². The second-order valence-corrected chi connectivity index (χ2v) is 5.92. The van der Waals surface area contributed by atoms with Crippen molar-refractivity contribution in [2.75, 3.05) is 0 Å². The number of halogens is 2. The molecule has 0 heterocycles. The molecule has 18 heavy (non-hydrogen) atoms. The number of benzene rings is 2. The molecule has 2 aromatic carbocycles. The van der Waals surface area contributed by atoms with Crippen LogP contribution in [-0.4, -0.2) is 10.6 Å². The lowest BCUT2D eigenvalue weighted by atomic mass is 10.0. The van der Waals surface area contributed by atoms with E-state index in [1.807, 2.05) is 60.7 Å². The molecule has 0 aromatic heterocycles. The summed E-state index contributed by atoms with van der Waals surface area (Å²) in [5, 5.41) is 0. The fourth-order valence-electron chi connectivity index (χ4n) is 1.70. The molecule has 3 heteroatoms. The normalized spacial score (nSPS) is 13.9. The van der Waals surface area contributed by atoms with Crippen molar-refractivity contribution in [1.82, 2.24) is 0 Å². The van der Waals surface area contributed by atoms with Crippen LogP contribution in [0.3, 0.4) is 0 Å². The lowest BCUT2D eigenvalue weighted by Crippen LogP contribution is -2.19. The molecule has 0 aliphatic rings. The topological polar surface area (TPSA) is 17.1 Å². The molecular formula is C15H12Br2O. The molecule has 0 saturated carbocycles. The number of rotatable bonds is 4. The Balaban J connectivity index is 2.17. The Labute approximate surface area is 123 Å². The second-order valence-electron chi connectivity index (χ2n) is 3.94. The van der Waals surface area contributed by atoms with Crippen LogP contribution >= 0.6 is 31.9 Å². The highest BCUT2D eigenvalue weighted by Crippen LogP contribution is 2.32. The van der Waals surface area contributed by atoms with Gasteiger partial charge in [0.15, 0.2) is 5.78 Å². The summed E-state index contributed by atoms with van der Waals surface area (Å²) in [5.74, 6) is 0.0846. The number of Topliss-reactive ketones (excluding diaryl/α,β-unsaturated/α-hetero) is 1. The quantitative estimate of drug-likeness (QED) is 0.562.